The molecule has 0 saturated heterocycles. The quantitative estimate of drug-likeness (QED) is 0.289. The van der Waals surface area contributed by atoms with Crippen LogP contribution < -0.4 is 0 Å². The van der Waals surface area contributed by atoms with Crippen LogP contribution in [0.3, 0.4) is 0 Å². The first-order valence-electron chi connectivity index (χ1n) is 11.2. The number of hydrogen-bond acceptors (Lipinski definition) is 5. The van der Waals surface area contributed by atoms with Gasteiger partial charge in [0.1, 0.15) is 5.78 Å². The van der Waals surface area contributed by atoms with Crippen molar-refractivity contribution in [3.8, 4) is 0 Å². The van der Waals surface area contributed by atoms with Gasteiger partial charge in [0.2, 0.25) is 0 Å². The van der Waals surface area contributed by atoms with Crippen molar-refractivity contribution in [3.05, 3.63) is 24.3 Å². The molecule has 2 saturated carbocycles. The van der Waals surface area contributed by atoms with Gasteiger partial charge in [0, 0.05) is 24.7 Å². The summed E-state index contributed by atoms with van der Waals surface area (Å²) in [6.07, 6.45) is 15.8. The normalized spacial score (nSPS) is 27.4. The van der Waals surface area contributed by atoms with Gasteiger partial charge in [0.15, 0.2) is 0 Å². The number of ketones is 1. The van der Waals surface area contributed by atoms with Crippen molar-refractivity contribution in [2.75, 3.05) is 7.11 Å². The van der Waals surface area contributed by atoms with E-state index < -0.39 is 6.10 Å². The summed E-state index contributed by atoms with van der Waals surface area (Å²) in [5.41, 5.74) is 0.0789. The predicted molar refractivity (Wildman–Crippen MR) is 113 cm³/mol. The fraction of sp³-hybridized carbons (Fsp3) is 0.750. The molecule has 2 fully saturated rings. The largest absolute Gasteiger partial charge is 0.469 e. The second-order valence-electron chi connectivity index (χ2n) is 8.74. The summed E-state index contributed by atoms with van der Waals surface area (Å²) in [7, 11) is 1.39. The molecule has 0 spiro atoms. The fourth-order valence-corrected chi connectivity index (χ4v) is 4.85. The van der Waals surface area contributed by atoms with Crippen LogP contribution in [0.4, 0.5) is 0 Å². The molecule has 0 bridgehead atoms. The van der Waals surface area contributed by atoms with E-state index >= 15 is 0 Å². The molecule has 0 aromatic rings. The zero-order valence-electron chi connectivity index (χ0n) is 18.0. The summed E-state index contributed by atoms with van der Waals surface area (Å²) in [5, 5.41) is 21.0. The van der Waals surface area contributed by atoms with Crippen LogP contribution in [0, 0.1) is 17.3 Å². The van der Waals surface area contributed by atoms with E-state index in [9.17, 15) is 19.8 Å². The number of ether oxygens (including phenoxy) is 1. The molecule has 0 heterocycles. The summed E-state index contributed by atoms with van der Waals surface area (Å²) < 4.78 is 4.62. The van der Waals surface area contributed by atoms with E-state index in [-0.39, 0.29) is 41.5 Å². The van der Waals surface area contributed by atoms with Crippen LogP contribution in [0.5, 0.6) is 0 Å². The number of unbranched alkanes of at least 4 members (excludes halogenated alkanes) is 1. The lowest BCUT2D eigenvalue weighted by molar-refractivity contribution is -0.140. The Hall–Kier alpha value is -1.46. The number of rotatable bonds is 12. The Balaban J connectivity index is 1.83. The molecule has 2 rings (SSSR count). The van der Waals surface area contributed by atoms with Gasteiger partial charge >= 0.3 is 5.97 Å². The first kappa shape index (κ1) is 23.8. The number of esters is 1. The molecule has 2 N–H and O–H groups in total. The number of aliphatic hydroxyl groups is 2. The average molecular weight is 407 g/mol. The third kappa shape index (κ3) is 6.51. The first-order valence-corrected chi connectivity index (χ1v) is 11.2. The van der Waals surface area contributed by atoms with E-state index in [1.807, 2.05) is 24.3 Å². The topological polar surface area (TPSA) is 83.8 Å². The second kappa shape index (κ2) is 11.7. The minimum absolute atomic E-state index is 0.0789. The lowest BCUT2D eigenvalue weighted by atomic mass is 9.62. The fourth-order valence-electron chi connectivity index (χ4n) is 4.85. The van der Waals surface area contributed by atoms with Crippen molar-refractivity contribution >= 4 is 11.8 Å². The van der Waals surface area contributed by atoms with Gasteiger partial charge in [-0.25, -0.2) is 0 Å². The Labute approximate surface area is 175 Å². The average Bonchev–Trinajstić information content (AvgIpc) is 2.93. The van der Waals surface area contributed by atoms with Crippen molar-refractivity contribution in [1.82, 2.24) is 0 Å². The Morgan fingerprint density at radius 1 is 1.31 bits per heavy atom. The zero-order valence-corrected chi connectivity index (χ0v) is 18.0. The van der Waals surface area contributed by atoms with Gasteiger partial charge in [-0.15, -0.1) is 0 Å². The summed E-state index contributed by atoms with van der Waals surface area (Å²) in [4.78, 5) is 23.4. The predicted octanol–water partition coefficient (Wildman–Crippen LogP) is 4.12. The molecule has 4 atom stereocenters. The van der Waals surface area contributed by atoms with Crippen molar-refractivity contribution in [1.29, 1.82) is 0 Å². The maximum Gasteiger partial charge on any atom is 0.305 e. The van der Waals surface area contributed by atoms with Crippen LogP contribution >= 0.6 is 0 Å². The molecule has 0 radical (unpaired) electrons. The number of hydrogen-bond donors (Lipinski definition) is 2. The first-order chi connectivity index (χ1) is 13.9. The number of carbonyl (C=O) groups is 2. The molecule has 2 aliphatic carbocycles. The lowest BCUT2D eigenvalue weighted by Crippen LogP contribution is -2.41. The molecule has 2 aliphatic rings. The third-order valence-electron chi connectivity index (χ3n) is 6.79. The molecule has 5 heteroatoms. The van der Waals surface area contributed by atoms with Crippen LogP contribution in [0.1, 0.15) is 77.6 Å². The van der Waals surface area contributed by atoms with Crippen molar-refractivity contribution < 1.29 is 24.5 Å². The number of allylic oxidation sites excluding steroid dienone is 2. The number of aliphatic hydroxyl groups excluding tert-OH is 2. The highest BCUT2D eigenvalue weighted by atomic mass is 16.5. The van der Waals surface area contributed by atoms with Crippen LogP contribution in [-0.2, 0) is 14.3 Å². The zero-order chi connectivity index (χ0) is 21.3. The standard InChI is InChI=1S/C24H38O5/c1-3-14-24(15-9-16-24)22(27)12-8-11-19-18(20(25)17-21(19)26)10-6-4-5-7-13-23(28)29-2/h4,6,8,11,18-19,21-22,26-27H,3,5,7,9-10,12-17H2,1-2H3/b6-4-,11-8+/t18-,19-,21-,22?/m1/s1. The van der Waals surface area contributed by atoms with Crippen molar-refractivity contribution in [2.24, 2.45) is 17.3 Å². The van der Waals surface area contributed by atoms with E-state index in [1.54, 1.807) is 0 Å². The van der Waals surface area contributed by atoms with Gasteiger partial charge in [-0.1, -0.05) is 44.1 Å². The molecule has 5 nitrogen and oxygen atoms in total. The molecule has 0 aliphatic heterocycles. The Bertz CT molecular complexity index is 590. The van der Waals surface area contributed by atoms with Crippen LogP contribution in [-0.4, -0.2) is 41.3 Å². The number of Topliss-reactive ketones (excluding diaryl/α,β-unsaturated/α-hetero) is 1. The molecular formula is C24H38O5. The van der Waals surface area contributed by atoms with E-state index in [2.05, 4.69) is 11.7 Å². The van der Waals surface area contributed by atoms with Crippen molar-refractivity contribution in [3.63, 3.8) is 0 Å². The summed E-state index contributed by atoms with van der Waals surface area (Å²) in [6, 6.07) is 0. The number of methoxy groups -OCH3 is 1. The minimum atomic E-state index is -0.637. The van der Waals surface area contributed by atoms with Gasteiger partial charge in [-0.3, -0.25) is 9.59 Å². The van der Waals surface area contributed by atoms with E-state index in [0.29, 0.717) is 19.3 Å². The molecule has 164 valence electrons. The van der Waals surface area contributed by atoms with Gasteiger partial charge < -0.3 is 14.9 Å². The molecule has 0 aromatic carbocycles. The van der Waals surface area contributed by atoms with Gasteiger partial charge in [0.05, 0.1) is 19.3 Å². The van der Waals surface area contributed by atoms with Crippen LogP contribution in [0.25, 0.3) is 0 Å². The number of carbonyl (C=O) groups excluding carboxylic acids is 2. The Morgan fingerprint density at radius 3 is 2.69 bits per heavy atom. The smallest absolute Gasteiger partial charge is 0.305 e. The van der Waals surface area contributed by atoms with E-state index in [0.717, 1.165) is 38.5 Å². The minimum Gasteiger partial charge on any atom is -0.469 e. The maximum absolute atomic E-state index is 12.3. The second-order valence-corrected chi connectivity index (χ2v) is 8.74. The summed E-state index contributed by atoms with van der Waals surface area (Å²) >= 11 is 0. The van der Waals surface area contributed by atoms with Crippen LogP contribution in [0.15, 0.2) is 24.3 Å². The Kier molecular flexibility index (Phi) is 9.57. The van der Waals surface area contributed by atoms with Gasteiger partial charge in [-0.2, -0.15) is 0 Å². The highest BCUT2D eigenvalue weighted by molar-refractivity contribution is 5.84. The molecule has 1 unspecified atom stereocenters. The summed E-state index contributed by atoms with van der Waals surface area (Å²) in [5.74, 6) is -0.489. The van der Waals surface area contributed by atoms with E-state index in [1.165, 1.54) is 13.5 Å². The molecule has 0 amide bonds. The summed E-state index contributed by atoms with van der Waals surface area (Å²) in [6.45, 7) is 2.16. The maximum atomic E-state index is 12.3. The lowest BCUT2D eigenvalue weighted by Gasteiger charge is -2.45. The molecule has 0 aromatic heterocycles. The van der Waals surface area contributed by atoms with Gasteiger partial charge in [-0.05, 0) is 50.4 Å². The van der Waals surface area contributed by atoms with E-state index in [4.69, 9.17) is 0 Å². The third-order valence-corrected chi connectivity index (χ3v) is 6.79. The highest BCUT2D eigenvalue weighted by Crippen LogP contribution is 2.48. The van der Waals surface area contributed by atoms with Crippen molar-refractivity contribution in [2.45, 2.75) is 89.8 Å². The van der Waals surface area contributed by atoms with Gasteiger partial charge in [0.25, 0.3) is 0 Å². The monoisotopic (exact) mass is 406 g/mol. The molecular weight excluding hydrogens is 368 g/mol. The van der Waals surface area contributed by atoms with Crippen LogP contribution in [0.2, 0.25) is 0 Å². The highest BCUT2D eigenvalue weighted by Gasteiger charge is 2.42. The Morgan fingerprint density at radius 2 is 2.07 bits per heavy atom. The molecule has 29 heavy (non-hydrogen) atoms. The SMILES string of the molecule is CCCC1(C(O)C/C=C/[C@H]2[C@H](O)CC(=O)[C@@H]2C/C=C\CCCC(=O)OC)CCC1.